The second-order valence-corrected chi connectivity index (χ2v) is 15.7. The van der Waals surface area contributed by atoms with Crippen LogP contribution in [0.4, 0.5) is 0 Å². The molecule has 0 saturated carbocycles. The Balaban J connectivity index is 4.12. The van der Waals surface area contributed by atoms with Crippen molar-refractivity contribution in [2.45, 2.75) is 245 Å². The summed E-state index contributed by atoms with van der Waals surface area (Å²) in [4.78, 5) is 25.2. The fraction of sp³-hybridized carbons (Fsp3) is 0.837. The zero-order valence-corrected chi connectivity index (χ0v) is 36.2. The van der Waals surface area contributed by atoms with E-state index in [1.165, 1.54) is 148 Å². The van der Waals surface area contributed by atoms with Crippen molar-refractivity contribution in [3.05, 3.63) is 36.5 Å². The van der Waals surface area contributed by atoms with Gasteiger partial charge in [0, 0.05) is 19.4 Å². The third-order valence-corrected chi connectivity index (χ3v) is 10.1. The maximum absolute atomic E-state index is 12.7. The van der Waals surface area contributed by atoms with Crippen molar-refractivity contribution in [2.24, 2.45) is 0 Å². The van der Waals surface area contributed by atoms with Gasteiger partial charge in [-0.1, -0.05) is 186 Å². The van der Waals surface area contributed by atoms with Crippen LogP contribution in [-0.2, 0) is 23.8 Å². The highest BCUT2D eigenvalue weighted by atomic mass is 16.6. The van der Waals surface area contributed by atoms with Crippen LogP contribution in [0.5, 0.6) is 0 Å². The molecule has 0 aromatic rings. The minimum absolute atomic E-state index is 0.0800. The molecule has 1 atom stereocenters. The SMILES string of the molecule is CCCCC/C=C\C/C=C\CCCCCCCC(=O)OC(COCCCCCCCC)COC(=O)CCCCCCCCC/C=C\CCCCCCCC. The summed E-state index contributed by atoms with van der Waals surface area (Å²) in [7, 11) is 0. The van der Waals surface area contributed by atoms with E-state index >= 15 is 0 Å². The van der Waals surface area contributed by atoms with E-state index in [0.717, 1.165) is 57.8 Å². The lowest BCUT2D eigenvalue weighted by molar-refractivity contribution is -0.163. The molecule has 0 aliphatic heterocycles. The van der Waals surface area contributed by atoms with Gasteiger partial charge in [0.25, 0.3) is 0 Å². The van der Waals surface area contributed by atoms with Crippen molar-refractivity contribution < 1.29 is 23.8 Å². The van der Waals surface area contributed by atoms with Gasteiger partial charge in [-0.2, -0.15) is 0 Å². The van der Waals surface area contributed by atoms with Crippen LogP contribution in [0.15, 0.2) is 36.5 Å². The number of carbonyl (C=O) groups excluding carboxylic acids is 2. The number of allylic oxidation sites excluding steroid dienone is 6. The first-order valence-electron chi connectivity index (χ1n) is 23.5. The first kappa shape index (κ1) is 52.1. The molecule has 0 rings (SSSR count). The van der Waals surface area contributed by atoms with Gasteiger partial charge in [0.1, 0.15) is 6.61 Å². The molecule has 0 aliphatic carbocycles. The van der Waals surface area contributed by atoms with E-state index in [2.05, 4.69) is 57.2 Å². The molecule has 0 amide bonds. The van der Waals surface area contributed by atoms with Crippen molar-refractivity contribution in [1.82, 2.24) is 0 Å². The summed E-state index contributed by atoms with van der Waals surface area (Å²) in [6, 6.07) is 0. The maximum Gasteiger partial charge on any atom is 0.306 e. The summed E-state index contributed by atoms with van der Waals surface area (Å²) in [6.07, 6.45) is 52.9. The van der Waals surface area contributed by atoms with Crippen molar-refractivity contribution in [3.8, 4) is 0 Å². The van der Waals surface area contributed by atoms with E-state index in [-0.39, 0.29) is 25.2 Å². The maximum atomic E-state index is 12.7. The molecular weight excluding hydrogens is 669 g/mol. The molecule has 0 aromatic heterocycles. The second-order valence-electron chi connectivity index (χ2n) is 15.7. The molecule has 0 fully saturated rings. The Morgan fingerprint density at radius 1 is 0.407 bits per heavy atom. The first-order valence-corrected chi connectivity index (χ1v) is 23.5. The first-order chi connectivity index (χ1) is 26.6. The van der Waals surface area contributed by atoms with Gasteiger partial charge in [0.2, 0.25) is 0 Å². The Bertz CT molecular complexity index is 862. The van der Waals surface area contributed by atoms with E-state index in [0.29, 0.717) is 19.4 Å². The third kappa shape index (κ3) is 42.9. The molecular formula is C49H90O5. The van der Waals surface area contributed by atoms with Gasteiger partial charge in [0.05, 0.1) is 6.61 Å². The van der Waals surface area contributed by atoms with Gasteiger partial charge < -0.3 is 14.2 Å². The van der Waals surface area contributed by atoms with Gasteiger partial charge in [-0.3, -0.25) is 9.59 Å². The quantitative estimate of drug-likeness (QED) is 0.0352. The topological polar surface area (TPSA) is 61.8 Å². The highest BCUT2D eigenvalue weighted by molar-refractivity contribution is 5.70. The number of rotatable bonds is 43. The van der Waals surface area contributed by atoms with E-state index < -0.39 is 6.10 Å². The minimum atomic E-state index is -0.537. The van der Waals surface area contributed by atoms with Gasteiger partial charge >= 0.3 is 11.9 Å². The summed E-state index contributed by atoms with van der Waals surface area (Å²) in [5.74, 6) is -0.414. The molecule has 0 heterocycles. The largest absolute Gasteiger partial charge is 0.462 e. The fourth-order valence-corrected chi connectivity index (χ4v) is 6.59. The standard InChI is InChI=1S/C49H90O5/c1-4-7-10-13-16-18-20-22-24-25-27-28-30-32-34-36-39-42-48(50)53-46-47(45-52-44-41-38-15-12-9-6-3)54-49(51)43-40-37-35-33-31-29-26-23-21-19-17-14-11-8-5-2/h17,19,22-24,26,47H,4-16,18,20-21,25,27-46H2,1-3H3/b19-17-,24-22-,26-23-. The van der Waals surface area contributed by atoms with E-state index in [9.17, 15) is 9.59 Å². The van der Waals surface area contributed by atoms with Crippen LogP contribution >= 0.6 is 0 Å². The number of unbranched alkanes of at least 4 members (excludes halogenated alkanes) is 26. The zero-order valence-electron chi connectivity index (χ0n) is 36.2. The minimum Gasteiger partial charge on any atom is -0.462 e. The van der Waals surface area contributed by atoms with E-state index in [1.807, 2.05) is 0 Å². The summed E-state index contributed by atoms with van der Waals surface area (Å²) in [6.45, 7) is 7.76. The highest BCUT2D eigenvalue weighted by Crippen LogP contribution is 2.13. The summed E-state index contributed by atoms with van der Waals surface area (Å²) >= 11 is 0. The second kappa shape index (κ2) is 45.5. The monoisotopic (exact) mass is 759 g/mol. The van der Waals surface area contributed by atoms with Crippen LogP contribution in [0.25, 0.3) is 0 Å². The zero-order chi connectivity index (χ0) is 39.3. The molecule has 0 N–H and O–H groups in total. The predicted octanol–water partition coefficient (Wildman–Crippen LogP) is 15.4. The van der Waals surface area contributed by atoms with Crippen molar-refractivity contribution >= 4 is 11.9 Å². The molecule has 0 aliphatic rings. The Labute approximate surface area is 336 Å². The molecule has 0 spiro atoms. The van der Waals surface area contributed by atoms with Crippen LogP contribution in [0.2, 0.25) is 0 Å². The molecule has 5 nitrogen and oxygen atoms in total. The van der Waals surface area contributed by atoms with Crippen molar-refractivity contribution in [2.75, 3.05) is 19.8 Å². The lowest BCUT2D eigenvalue weighted by Gasteiger charge is -2.18. The van der Waals surface area contributed by atoms with E-state index in [1.54, 1.807) is 0 Å². The molecule has 5 heteroatoms. The predicted molar refractivity (Wildman–Crippen MR) is 233 cm³/mol. The van der Waals surface area contributed by atoms with Gasteiger partial charge in [0.15, 0.2) is 6.10 Å². The Morgan fingerprint density at radius 3 is 1.28 bits per heavy atom. The molecule has 0 saturated heterocycles. The average Bonchev–Trinajstić information content (AvgIpc) is 3.17. The number of hydrogen-bond acceptors (Lipinski definition) is 5. The Kier molecular flexibility index (Phi) is 43.9. The molecule has 316 valence electrons. The lowest BCUT2D eigenvalue weighted by Crippen LogP contribution is -2.30. The van der Waals surface area contributed by atoms with Gasteiger partial charge in [-0.25, -0.2) is 0 Å². The molecule has 0 radical (unpaired) electrons. The Hall–Kier alpha value is -1.88. The van der Waals surface area contributed by atoms with Crippen LogP contribution in [0.1, 0.15) is 239 Å². The molecule has 54 heavy (non-hydrogen) atoms. The lowest BCUT2D eigenvalue weighted by atomic mass is 10.1. The van der Waals surface area contributed by atoms with Gasteiger partial charge in [-0.15, -0.1) is 0 Å². The number of hydrogen-bond donors (Lipinski definition) is 0. The van der Waals surface area contributed by atoms with Crippen molar-refractivity contribution in [1.29, 1.82) is 0 Å². The Morgan fingerprint density at radius 2 is 0.778 bits per heavy atom. The van der Waals surface area contributed by atoms with Crippen LogP contribution in [0, 0.1) is 0 Å². The molecule has 0 aromatic carbocycles. The fourth-order valence-electron chi connectivity index (χ4n) is 6.59. The number of ether oxygens (including phenoxy) is 3. The van der Waals surface area contributed by atoms with Crippen LogP contribution in [0.3, 0.4) is 0 Å². The third-order valence-electron chi connectivity index (χ3n) is 10.1. The number of carbonyl (C=O) groups is 2. The molecule has 0 bridgehead atoms. The van der Waals surface area contributed by atoms with Crippen LogP contribution < -0.4 is 0 Å². The van der Waals surface area contributed by atoms with E-state index in [4.69, 9.17) is 14.2 Å². The highest BCUT2D eigenvalue weighted by Gasteiger charge is 2.17. The van der Waals surface area contributed by atoms with Crippen molar-refractivity contribution in [3.63, 3.8) is 0 Å². The summed E-state index contributed by atoms with van der Waals surface area (Å²) in [5, 5.41) is 0. The normalized spacial score (nSPS) is 12.4. The average molecular weight is 759 g/mol. The summed E-state index contributed by atoms with van der Waals surface area (Å²) in [5.41, 5.74) is 0. The smallest absolute Gasteiger partial charge is 0.306 e. The summed E-state index contributed by atoms with van der Waals surface area (Å²) < 4.78 is 17.2. The van der Waals surface area contributed by atoms with Gasteiger partial charge in [-0.05, 0) is 77.0 Å². The van der Waals surface area contributed by atoms with Crippen LogP contribution in [-0.4, -0.2) is 37.9 Å². The number of esters is 2. The molecule has 1 unspecified atom stereocenters.